The molecule has 0 saturated heterocycles. The summed E-state index contributed by atoms with van der Waals surface area (Å²) in [7, 11) is 0. The van der Waals surface area contributed by atoms with Crippen LogP contribution in [0.4, 0.5) is 0 Å². The number of aliphatic carboxylic acids is 1. The Balaban J connectivity index is 2.22. The van der Waals surface area contributed by atoms with Crippen molar-refractivity contribution in [3.63, 3.8) is 0 Å². The number of amides is 2. The van der Waals surface area contributed by atoms with Crippen molar-refractivity contribution < 1.29 is 24.6 Å². The number of carboxylic acids is 1. The Kier molecular flexibility index (Phi) is 3.60. The first kappa shape index (κ1) is 13.9. The van der Waals surface area contributed by atoms with Crippen molar-refractivity contribution in [1.29, 1.82) is 0 Å². The molecule has 2 amide bonds. The highest BCUT2D eigenvalue weighted by molar-refractivity contribution is 6.01. The topological polar surface area (TPSA) is 121 Å². The molecule has 7 nitrogen and oxygen atoms in total. The second-order valence-corrected chi connectivity index (χ2v) is 4.63. The van der Waals surface area contributed by atoms with E-state index in [2.05, 4.69) is 0 Å². The number of nitrogens with two attached hydrogens (primary N) is 1. The van der Waals surface area contributed by atoms with E-state index < -0.39 is 17.9 Å². The Bertz CT molecular complexity index is 584. The van der Waals surface area contributed by atoms with Crippen LogP contribution in [0.25, 0.3) is 0 Å². The fourth-order valence-electron chi connectivity index (χ4n) is 2.29. The summed E-state index contributed by atoms with van der Waals surface area (Å²) in [5, 5.41) is 18.1. The third kappa shape index (κ3) is 2.56. The summed E-state index contributed by atoms with van der Waals surface area (Å²) in [6.45, 7) is 0.135. The van der Waals surface area contributed by atoms with Crippen LogP contribution in [0.2, 0.25) is 0 Å². The minimum absolute atomic E-state index is 0.0274. The first-order valence-electron chi connectivity index (χ1n) is 6.04. The van der Waals surface area contributed by atoms with Gasteiger partial charge in [-0.2, -0.15) is 0 Å². The fraction of sp³-hybridized carbons (Fsp3) is 0.308. The van der Waals surface area contributed by atoms with Crippen molar-refractivity contribution in [2.45, 2.75) is 25.4 Å². The molecule has 0 fully saturated rings. The van der Waals surface area contributed by atoms with Crippen LogP contribution in [-0.4, -0.2) is 38.9 Å². The number of carboxylic acid groups (broad SMARTS) is 1. The van der Waals surface area contributed by atoms with E-state index in [-0.39, 0.29) is 31.0 Å². The molecule has 1 heterocycles. The molecule has 0 radical (unpaired) electrons. The number of rotatable bonds is 5. The SMILES string of the molecule is NC(=O)C(CCC(=O)O)N1Cc2cc(O)ccc2C1=O. The average Bonchev–Trinajstić information content (AvgIpc) is 2.66. The highest BCUT2D eigenvalue weighted by Crippen LogP contribution is 2.28. The molecule has 0 bridgehead atoms. The number of phenols is 1. The predicted octanol–water partition coefficient (Wildman–Crippen LogP) is 0.0667. The monoisotopic (exact) mass is 278 g/mol. The van der Waals surface area contributed by atoms with Crippen LogP contribution in [0.5, 0.6) is 5.75 Å². The van der Waals surface area contributed by atoms with Gasteiger partial charge in [-0.15, -0.1) is 0 Å². The van der Waals surface area contributed by atoms with Crippen LogP contribution >= 0.6 is 0 Å². The quantitative estimate of drug-likeness (QED) is 0.703. The number of phenolic OH excluding ortho intramolecular Hbond substituents is 1. The molecular formula is C13H14N2O5. The average molecular weight is 278 g/mol. The third-order valence-electron chi connectivity index (χ3n) is 3.26. The molecule has 106 valence electrons. The molecule has 1 unspecified atom stereocenters. The first-order chi connectivity index (χ1) is 9.40. The number of nitrogens with zero attached hydrogens (tertiary/aromatic N) is 1. The van der Waals surface area contributed by atoms with Crippen molar-refractivity contribution in [2.75, 3.05) is 0 Å². The molecular weight excluding hydrogens is 264 g/mol. The van der Waals surface area contributed by atoms with Crippen LogP contribution in [0.3, 0.4) is 0 Å². The van der Waals surface area contributed by atoms with Gasteiger partial charge in [0.25, 0.3) is 5.91 Å². The first-order valence-corrected chi connectivity index (χ1v) is 6.04. The molecule has 1 aliphatic heterocycles. The van der Waals surface area contributed by atoms with Crippen LogP contribution < -0.4 is 5.73 Å². The van der Waals surface area contributed by atoms with Crippen LogP contribution in [0, 0.1) is 0 Å². The second kappa shape index (κ2) is 5.20. The number of carbonyl (C=O) groups excluding carboxylic acids is 2. The number of benzene rings is 1. The molecule has 4 N–H and O–H groups in total. The number of aromatic hydroxyl groups is 1. The Morgan fingerprint density at radius 1 is 1.40 bits per heavy atom. The van der Waals surface area contributed by atoms with Gasteiger partial charge in [0.1, 0.15) is 11.8 Å². The predicted molar refractivity (Wildman–Crippen MR) is 67.8 cm³/mol. The number of primary amides is 1. The lowest BCUT2D eigenvalue weighted by Gasteiger charge is -2.24. The highest BCUT2D eigenvalue weighted by atomic mass is 16.4. The molecule has 2 rings (SSSR count). The molecule has 0 saturated carbocycles. The lowest BCUT2D eigenvalue weighted by molar-refractivity contribution is -0.137. The second-order valence-electron chi connectivity index (χ2n) is 4.63. The molecule has 0 aliphatic carbocycles. The maximum atomic E-state index is 12.2. The van der Waals surface area contributed by atoms with Gasteiger partial charge in [0.2, 0.25) is 5.91 Å². The van der Waals surface area contributed by atoms with Crippen molar-refractivity contribution in [3.8, 4) is 5.75 Å². The van der Waals surface area contributed by atoms with Gasteiger partial charge in [0, 0.05) is 18.5 Å². The molecule has 1 aromatic carbocycles. The van der Waals surface area contributed by atoms with E-state index in [4.69, 9.17) is 10.8 Å². The van der Waals surface area contributed by atoms with E-state index >= 15 is 0 Å². The normalized spacial score (nSPS) is 15.0. The van der Waals surface area contributed by atoms with Gasteiger partial charge >= 0.3 is 5.97 Å². The zero-order valence-corrected chi connectivity index (χ0v) is 10.6. The van der Waals surface area contributed by atoms with Crippen molar-refractivity contribution in [2.24, 2.45) is 5.73 Å². The molecule has 1 aromatic rings. The van der Waals surface area contributed by atoms with Gasteiger partial charge in [-0.3, -0.25) is 14.4 Å². The zero-order valence-electron chi connectivity index (χ0n) is 10.6. The van der Waals surface area contributed by atoms with E-state index in [0.717, 1.165) is 0 Å². The summed E-state index contributed by atoms with van der Waals surface area (Å²) < 4.78 is 0. The number of fused-ring (bicyclic) bond motifs is 1. The Morgan fingerprint density at radius 2 is 2.10 bits per heavy atom. The summed E-state index contributed by atoms with van der Waals surface area (Å²) in [6.07, 6.45) is -0.282. The van der Waals surface area contributed by atoms with Crippen molar-refractivity contribution in [1.82, 2.24) is 4.90 Å². The smallest absolute Gasteiger partial charge is 0.303 e. The van der Waals surface area contributed by atoms with Gasteiger partial charge in [-0.1, -0.05) is 0 Å². The summed E-state index contributed by atoms with van der Waals surface area (Å²) in [6, 6.07) is 3.34. The lowest BCUT2D eigenvalue weighted by Crippen LogP contribution is -2.45. The molecule has 1 aliphatic rings. The summed E-state index contributed by atoms with van der Waals surface area (Å²) in [5.41, 5.74) is 6.24. The molecule has 20 heavy (non-hydrogen) atoms. The molecule has 0 aromatic heterocycles. The number of hydrogen-bond donors (Lipinski definition) is 3. The fourth-order valence-corrected chi connectivity index (χ4v) is 2.29. The third-order valence-corrected chi connectivity index (χ3v) is 3.26. The zero-order chi connectivity index (χ0) is 14.9. The van der Waals surface area contributed by atoms with E-state index in [1.54, 1.807) is 0 Å². The van der Waals surface area contributed by atoms with Gasteiger partial charge in [-0.05, 0) is 30.2 Å². The summed E-state index contributed by atoms with van der Waals surface area (Å²) in [5.74, 6) is -2.15. The molecule has 0 spiro atoms. The number of carbonyl (C=O) groups is 3. The van der Waals surface area contributed by atoms with Crippen molar-refractivity contribution in [3.05, 3.63) is 29.3 Å². The van der Waals surface area contributed by atoms with Crippen molar-refractivity contribution >= 4 is 17.8 Å². The lowest BCUT2D eigenvalue weighted by atomic mass is 10.1. The van der Waals surface area contributed by atoms with Gasteiger partial charge in [0.05, 0.1) is 0 Å². The van der Waals surface area contributed by atoms with Crippen LogP contribution in [0.1, 0.15) is 28.8 Å². The minimum atomic E-state index is -1.06. The summed E-state index contributed by atoms with van der Waals surface area (Å²) >= 11 is 0. The van der Waals surface area contributed by atoms with Gasteiger partial charge < -0.3 is 20.8 Å². The summed E-state index contributed by atoms with van der Waals surface area (Å²) in [4.78, 5) is 35.5. The van der Waals surface area contributed by atoms with Crippen LogP contribution in [-0.2, 0) is 16.1 Å². The Hall–Kier alpha value is -2.57. The Morgan fingerprint density at radius 3 is 2.70 bits per heavy atom. The minimum Gasteiger partial charge on any atom is -0.508 e. The van der Waals surface area contributed by atoms with E-state index in [1.807, 2.05) is 0 Å². The Labute approximate surface area is 114 Å². The van der Waals surface area contributed by atoms with E-state index in [1.165, 1.54) is 23.1 Å². The van der Waals surface area contributed by atoms with E-state index in [0.29, 0.717) is 11.1 Å². The highest BCUT2D eigenvalue weighted by Gasteiger charge is 2.35. The van der Waals surface area contributed by atoms with Gasteiger partial charge in [-0.25, -0.2) is 0 Å². The number of hydrogen-bond acceptors (Lipinski definition) is 4. The standard InChI is InChI=1S/C13H14N2O5/c14-12(19)10(3-4-11(17)18)15-6-7-5-8(16)1-2-9(7)13(15)20/h1-2,5,10,16H,3-4,6H2,(H2,14,19)(H,17,18). The van der Waals surface area contributed by atoms with E-state index in [9.17, 15) is 19.5 Å². The van der Waals surface area contributed by atoms with Crippen LogP contribution in [0.15, 0.2) is 18.2 Å². The molecule has 7 heteroatoms. The maximum absolute atomic E-state index is 12.2. The largest absolute Gasteiger partial charge is 0.508 e. The van der Waals surface area contributed by atoms with Gasteiger partial charge in [0.15, 0.2) is 0 Å². The molecule has 1 atom stereocenters. The maximum Gasteiger partial charge on any atom is 0.303 e.